The monoisotopic (exact) mass is 203 g/mol. The summed E-state index contributed by atoms with van der Waals surface area (Å²) in [5.41, 5.74) is 0. The van der Waals surface area contributed by atoms with Crippen molar-refractivity contribution in [3.05, 3.63) is 12.7 Å². The van der Waals surface area contributed by atoms with E-state index < -0.39 is 12.5 Å². The van der Waals surface area contributed by atoms with Gasteiger partial charge in [0.25, 0.3) is 5.92 Å². The second kappa shape index (κ2) is 4.07. The van der Waals surface area contributed by atoms with E-state index >= 15 is 0 Å². The first-order valence-electron chi connectivity index (χ1n) is 4.78. The Morgan fingerprint density at radius 1 is 1.71 bits per heavy atom. The molecule has 1 heterocycles. The van der Waals surface area contributed by atoms with E-state index in [4.69, 9.17) is 0 Å². The number of likely N-dealkylation sites (tertiary alicyclic amines) is 1. The molecule has 1 aliphatic rings. The minimum atomic E-state index is -2.72. The van der Waals surface area contributed by atoms with E-state index in [1.165, 1.54) is 4.90 Å². The second-order valence-corrected chi connectivity index (χ2v) is 3.61. The molecular formula is C10H15F2NO. The van der Waals surface area contributed by atoms with Crippen LogP contribution in [0.15, 0.2) is 12.7 Å². The van der Waals surface area contributed by atoms with Crippen molar-refractivity contribution in [2.75, 3.05) is 6.54 Å². The number of carbonyl (C=O) groups is 1. The average molecular weight is 203 g/mol. The fourth-order valence-electron chi connectivity index (χ4n) is 1.80. The number of amides is 1. The van der Waals surface area contributed by atoms with E-state index in [1.54, 1.807) is 13.0 Å². The lowest BCUT2D eigenvalue weighted by Crippen LogP contribution is -2.35. The molecule has 0 saturated carbocycles. The van der Waals surface area contributed by atoms with E-state index in [0.717, 1.165) is 0 Å². The van der Waals surface area contributed by atoms with Gasteiger partial charge >= 0.3 is 0 Å². The van der Waals surface area contributed by atoms with Crippen LogP contribution >= 0.6 is 0 Å². The molecule has 4 heteroatoms. The van der Waals surface area contributed by atoms with Gasteiger partial charge in [-0.3, -0.25) is 4.79 Å². The summed E-state index contributed by atoms with van der Waals surface area (Å²) < 4.78 is 26.1. The summed E-state index contributed by atoms with van der Waals surface area (Å²) in [6, 6.07) is -0.366. The average Bonchev–Trinajstić information content (AvgIpc) is 2.41. The molecule has 1 rings (SSSR count). The fourth-order valence-corrected chi connectivity index (χ4v) is 1.80. The third-order valence-electron chi connectivity index (χ3n) is 2.44. The molecule has 2 nitrogen and oxygen atoms in total. The van der Waals surface area contributed by atoms with Crippen molar-refractivity contribution < 1.29 is 13.6 Å². The highest BCUT2D eigenvalue weighted by Gasteiger charge is 2.45. The second-order valence-electron chi connectivity index (χ2n) is 3.61. The SMILES string of the molecule is C=CCC1CC(F)(F)CN1C(=O)CC. The molecule has 0 N–H and O–H groups in total. The third-order valence-corrected chi connectivity index (χ3v) is 2.44. The zero-order chi connectivity index (χ0) is 10.8. The molecule has 0 aromatic heterocycles. The third kappa shape index (κ3) is 2.30. The van der Waals surface area contributed by atoms with E-state index in [2.05, 4.69) is 6.58 Å². The van der Waals surface area contributed by atoms with Crippen LogP contribution in [0.5, 0.6) is 0 Å². The molecule has 1 saturated heterocycles. The normalized spacial score (nSPS) is 25.1. The van der Waals surface area contributed by atoms with Gasteiger partial charge in [0.2, 0.25) is 5.91 Å². The van der Waals surface area contributed by atoms with Crippen molar-refractivity contribution in [3.63, 3.8) is 0 Å². The van der Waals surface area contributed by atoms with Crippen LogP contribution in [0.3, 0.4) is 0 Å². The Morgan fingerprint density at radius 3 is 2.86 bits per heavy atom. The Hall–Kier alpha value is -0.930. The predicted octanol–water partition coefficient (Wildman–Crippen LogP) is 2.21. The molecule has 0 radical (unpaired) electrons. The molecule has 0 bridgehead atoms. The smallest absolute Gasteiger partial charge is 0.267 e. The Bertz CT molecular complexity index is 240. The highest BCUT2D eigenvalue weighted by atomic mass is 19.3. The van der Waals surface area contributed by atoms with Crippen molar-refractivity contribution >= 4 is 5.91 Å². The molecule has 0 aromatic carbocycles. The highest BCUT2D eigenvalue weighted by Crippen LogP contribution is 2.33. The van der Waals surface area contributed by atoms with Gasteiger partial charge in [0.05, 0.1) is 6.54 Å². The Balaban J connectivity index is 2.71. The minimum absolute atomic E-state index is 0.200. The summed E-state index contributed by atoms with van der Waals surface area (Å²) in [6.07, 6.45) is 2.08. The molecule has 80 valence electrons. The molecule has 0 spiro atoms. The zero-order valence-corrected chi connectivity index (χ0v) is 8.30. The lowest BCUT2D eigenvalue weighted by molar-refractivity contribution is -0.132. The van der Waals surface area contributed by atoms with Crippen LogP contribution in [0.2, 0.25) is 0 Å². The molecule has 14 heavy (non-hydrogen) atoms. The lowest BCUT2D eigenvalue weighted by Gasteiger charge is -2.22. The molecule has 1 fully saturated rings. The molecule has 1 unspecified atom stereocenters. The summed E-state index contributed by atoms with van der Waals surface area (Å²) in [7, 11) is 0. The van der Waals surface area contributed by atoms with Crippen LogP contribution in [0.25, 0.3) is 0 Å². The van der Waals surface area contributed by atoms with Gasteiger partial charge in [-0.2, -0.15) is 0 Å². The number of nitrogens with zero attached hydrogens (tertiary/aromatic N) is 1. The van der Waals surface area contributed by atoms with Gasteiger partial charge in [-0.1, -0.05) is 13.0 Å². The van der Waals surface area contributed by atoms with Crippen LogP contribution in [0, 0.1) is 0 Å². The number of rotatable bonds is 3. The first-order chi connectivity index (χ1) is 6.50. The predicted molar refractivity (Wildman–Crippen MR) is 50.2 cm³/mol. The van der Waals surface area contributed by atoms with E-state index in [0.29, 0.717) is 6.42 Å². The van der Waals surface area contributed by atoms with Gasteiger partial charge < -0.3 is 4.90 Å². The van der Waals surface area contributed by atoms with Gasteiger partial charge in [-0.25, -0.2) is 8.78 Å². The lowest BCUT2D eigenvalue weighted by atomic mass is 10.1. The largest absolute Gasteiger partial charge is 0.333 e. The number of alkyl halides is 2. The first-order valence-corrected chi connectivity index (χ1v) is 4.78. The van der Waals surface area contributed by atoms with Crippen molar-refractivity contribution in [1.82, 2.24) is 4.90 Å². The highest BCUT2D eigenvalue weighted by molar-refractivity contribution is 5.76. The van der Waals surface area contributed by atoms with Crippen LogP contribution in [0.1, 0.15) is 26.2 Å². The van der Waals surface area contributed by atoms with Crippen molar-refractivity contribution in [2.24, 2.45) is 0 Å². The Labute approximate surface area is 82.6 Å². The van der Waals surface area contributed by atoms with E-state index in [9.17, 15) is 13.6 Å². The van der Waals surface area contributed by atoms with Crippen molar-refractivity contribution in [2.45, 2.75) is 38.2 Å². The Morgan fingerprint density at radius 2 is 2.36 bits per heavy atom. The van der Waals surface area contributed by atoms with Crippen molar-refractivity contribution in [1.29, 1.82) is 0 Å². The van der Waals surface area contributed by atoms with Crippen molar-refractivity contribution in [3.8, 4) is 0 Å². The van der Waals surface area contributed by atoms with E-state index in [-0.39, 0.29) is 24.8 Å². The maximum atomic E-state index is 13.0. The Kier molecular flexibility index (Phi) is 3.24. The van der Waals surface area contributed by atoms with Crippen LogP contribution in [-0.2, 0) is 4.79 Å². The molecule has 0 aliphatic carbocycles. The molecule has 1 amide bonds. The summed E-state index contributed by atoms with van der Waals surface area (Å²) in [6.45, 7) is 4.76. The number of carbonyl (C=O) groups excluding carboxylic acids is 1. The van der Waals surface area contributed by atoms with Crippen LogP contribution in [-0.4, -0.2) is 29.3 Å². The molecular weight excluding hydrogens is 188 g/mol. The van der Waals surface area contributed by atoms with Gasteiger partial charge in [-0.15, -0.1) is 6.58 Å². The van der Waals surface area contributed by atoms with Gasteiger partial charge in [-0.05, 0) is 6.42 Å². The topological polar surface area (TPSA) is 20.3 Å². The quantitative estimate of drug-likeness (QED) is 0.644. The number of hydrogen-bond acceptors (Lipinski definition) is 1. The van der Waals surface area contributed by atoms with Gasteiger partial charge in [0, 0.05) is 18.9 Å². The number of halogens is 2. The number of hydrogen-bond donors (Lipinski definition) is 0. The first kappa shape index (κ1) is 11.1. The minimum Gasteiger partial charge on any atom is -0.333 e. The summed E-state index contributed by atoms with van der Waals surface area (Å²) in [5, 5.41) is 0. The molecule has 0 aromatic rings. The molecule has 1 atom stereocenters. The maximum absolute atomic E-state index is 13.0. The summed E-state index contributed by atoms with van der Waals surface area (Å²) >= 11 is 0. The standard InChI is InChI=1S/C10H15F2NO/c1-3-5-8-6-10(11,12)7-13(8)9(14)4-2/h3,8H,1,4-7H2,2H3. The maximum Gasteiger partial charge on any atom is 0.267 e. The summed E-state index contributed by atoms with van der Waals surface area (Å²) in [4.78, 5) is 12.6. The molecule has 1 aliphatic heterocycles. The fraction of sp³-hybridized carbons (Fsp3) is 0.700. The van der Waals surface area contributed by atoms with Gasteiger partial charge in [0.15, 0.2) is 0 Å². The van der Waals surface area contributed by atoms with Crippen LogP contribution in [0.4, 0.5) is 8.78 Å². The zero-order valence-electron chi connectivity index (χ0n) is 8.30. The van der Waals surface area contributed by atoms with E-state index in [1.807, 2.05) is 0 Å². The van der Waals surface area contributed by atoms with Gasteiger partial charge in [0.1, 0.15) is 0 Å². The van der Waals surface area contributed by atoms with Crippen LogP contribution < -0.4 is 0 Å². The summed E-state index contributed by atoms with van der Waals surface area (Å²) in [5.74, 6) is -2.92.